The highest BCUT2D eigenvalue weighted by molar-refractivity contribution is 4.85. The van der Waals surface area contributed by atoms with Crippen molar-refractivity contribution in [3.05, 3.63) is 0 Å². The van der Waals surface area contributed by atoms with Crippen molar-refractivity contribution in [2.24, 2.45) is 5.92 Å². The lowest BCUT2D eigenvalue weighted by Gasteiger charge is -2.45. The van der Waals surface area contributed by atoms with Crippen molar-refractivity contribution < 1.29 is 0 Å². The zero-order valence-electron chi connectivity index (χ0n) is 14.0. The molecule has 1 saturated heterocycles. The summed E-state index contributed by atoms with van der Waals surface area (Å²) < 4.78 is 0. The maximum Gasteiger partial charge on any atom is 0.0126 e. The molecule has 3 heteroatoms. The Bertz CT molecular complexity index is 239. The van der Waals surface area contributed by atoms with Crippen LogP contribution >= 0.6 is 0 Å². The molecule has 0 aromatic rings. The highest BCUT2D eigenvalue weighted by Gasteiger charge is 2.29. The molecule has 0 aromatic heterocycles. The Morgan fingerprint density at radius 2 is 1.63 bits per heavy atom. The van der Waals surface area contributed by atoms with Gasteiger partial charge in [0.1, 0.15) is 0 Å². The Hall–Kier alpha value is -0.120. The van der Waals surface area contributed by atoms with Crippen LogP contribution in [0, 0.1) is 5.92 Å². The second kappa shape index (κ2) is 7.61. The van der Waals surface area contributed by atoms with E-state index in [-0.39, 0.29) is 0 Å². The minimum absolute atomic E-state index is 0.323. The molecule has 2 unspecified atom stereocenters. The predicted octanol–water partition coefficient (Wildman–Crippen LogP) is 2.43. The molecule has 19 heavy (non-hydrogen) atoms. The Labute approximate surface area is 120 Å². The lowest BCUT2D eigenvalue weighted by molar-refractivity contribution is 0.0340. The van der Waals surface area contributed by atoms with Crippen LogP contribution in [0.25, 0.3) is 0 Å². The van der Waals surface area contributed by atoms with Crippen molar-refractivity contribution in [2.45, 2.75) is 59.5 Å². The average Bonchev–Trinajstić information content (AvgIpc) is 2.37. The molecule has 0 amide bonds. The van der Waals surface area contributed by atoms with Crippen LogP contribution in [-0.4, -0.2) is 60.6 Å². The zero-order valence-corrected chi connectivity index (χ0v) is 14.0. The third-order valence-corrected chi connectivity index (χ3v) is 4.56. The first-order chi connectivity index (χ1) is 8.86. The molecule has 0 radical (unpaired) electrons. The van der Waals surface area contributed by atoms with Gasteiger partial charge in [0.15, 0.2) is 0 Å². The molecule has 1 heterocycles. The van der Waals surface area contributed by atoms with Gasteiger partial charge in [-0.15, -0.1) is 0 Å². The molecule has 1 N–H and O–H groups in total. The van der Waals surface area contributed by atoms with Crippen LogP contribution in [0.1, 0.15) is 48.0 Å². The largest absolute Gasteiger partial charge is 0.316 e. The molecule has 1 rings (SSSR count). The van der Waals surface area contributed by atoms with E-state index in [9.17, 15) is 0 Å². The number of rotatable bonds is 6. The molecule has 1 aliphatic heterocycles. The van der Waals surface area contributed by atoms with E-state index in [2.05, 4.69) is 56.7 Å². The molecule has 0 saturated carbocycles. The Balaban J connectivity index is 2.33. The summed E-state index contributed by atoms with van der Waals surface area (Å²) in [4.78, 5) is 5.27. The molecule has 0 bridgehead atoms. The monoisotopic (exact) mass is 269 g/mol. The number of hydrogen-bond donors (Lipinski definition) is 1. The van der Waals surface area contributed by atoms with Gasteiger partial charge in [0.2, 0.25) is 0 Å². The van der Waals surface area contributed by atoms with Crippen molar-refractivity contribution in [3.63, 3.8) is 0 Å². The summed E-state index contributed by atoms with van der Waals surface area (Å²) in [6, 6.07) is 0.687. The maximum absolute atomic E-state index is 3.55. The highest BCUT2D eigenvalue weighted by atomic mass is 15.3. The van der Waals surface area contributed by atoms with Crippen molar-refractivity contribution in [1.82, 2.24) is 15.1 Å². The fraction of sp³-hybridized carbons (Fsp3) is 1.00. The van der Waals surface area contributed by atoms with E-state index >= 15 is 0 Å². The smallest absolute Gasteiger partial charge is 0.0126 e. The number of hydrogen-bond acceptors (Lipinski definition) is 3. The third-order valence-electron chi connectivity index (χ3n) is 4.56. The van der Waals surface area contributed by atoms with Crippen molar-refractivity contribution >= 4 is 0 Å². The number of nitrogens with one attached hydrogen (secondary N) is 1. The van der Waals surface area contributed by atoms with E-state index < -0.39 is 0 Å². The first-order valence-electron chi connectivity index (χ1n) is 8.06. The minimum Gasteiger partial charge on any atom is -0.316 e. The zero-order chi connectivity index (χ0) is 14.5. The fourth-order valence-electron chi connectivity index (χ4n) is 2.84. The van der Waals surface area contributed by atoms with Gasteiger partial charge in [0.25, 0.3) is 0 Å². The highest BCUT2D eigenvalue weighted by Crippen LogP contribution is 2.19. The molecule has 0 spiro atoms. The summed E-state index contributed by atoms with van der Waals surface area (Å²) in [5, 5.41) is 3.55. The summed E-state index contributed by atoms with van der Waals surface area (Å²) in [6.45, 7) is 21.1. The molecule has 2 atom stereocenters. The van der Waals surface area contributed by atoms with E-state index in [0.29, 0.717) is 11.6 Å². The Kier molecular flexibility index (Phi) is 6.78. The van der Waals surface area contributed by atoms with Crippen LogP contribution in [0.2, 0.25) is 0 Å². The van der Waals surface area contributed by atoms with Gasteiger partial charge in [-0.1, -0.05) is 13.8 Å². The van der Waals surface area contributed by atoms with Crippen LogP contribution in [0.4, 0.5) is 0 Å². The van der Waals surface area contributed by atoms with Gasteiger partial charge in [0.05, 0.1) is 0 Å². The molecule has 114 valence electrons. The molecule has 1 aliphatic rings. The Morgan fingerprint density at radius 3 is 2.11 bits per heavy atom. The lowest BCUT2D eigenvalue weighted by Crippen LogP contribution is -2.56. The standard InChI is InChI=1S/C16H35N3/c1-7-8-17-13-14(2)15(3)18-9-11-19(12-10-18)16(4,5)6/h14-15,17H,7-13H2,1-6H3. The van der Waals surface area contributed by atoms with Crippen LogP contribution in [0.3, 0.4) is 0 Å². The van der Waals surface area contributed by atoms with Crippen LogP contribution < -0.4 is 5.32 Å². The summed E-state index contributed by atoms with van der Waals surface area (Å²) in [6.07, 6.45) is 1.23. The Morgan fingerprint density at radius 1 is 1.05 bits per heavy atom. The second-order valence-electron chi connectivity index (χ2n) is 7.12. The fourth-order valence-corrected chi connectivity index (χ4v) is 2.84. The maximum atomic E-state index is 3.55. The summed E-state index contributed by atoms with van der Waals surface area (Å²) in [7, 11) is 0. The van der Waals surface area contributed by atoms with Crippen molar-refractivity contribution in [2.75, 3.05) is 39.3 Å². The number of piperazine rings is 1. The predicted molar refractivity (Wildman–Crippen MR) is 84.7 cm³/mol. The summed E-state index contributed by atoms with van der Waals surface area (Å²) in [5.74, 6) is 0.729. The minimum atomic E-state index is 0.323. The third kappa shape index (κ3) is 5.41. The van der Waals surface area contributed by atoms with E-state index in [0.717, 1.165) is 19.0 Å². The van der Waals surface area contributed by atoms with E-state index in [1.165, 1.54) is 32.6 Å². The summed E-state index contributed by atoms with van der Waals surface area (Å²) >= 11 is 0. The van der Waals surface area contributed by atoms with Gasteiger partial charge in [-0.05, 0) is 53.1 Å². The quantitative estimate of drug-likeness (QED) is 0.747. The molecular weight excluding hydrogens is 234 g/mol. The van der Waals surface area contributed by atoms with Crippen LogP contribution in [0.5, 0.6) is 0 Å². The van der Waals surface area contributed by atoms with E-state index in [4.69, 9.17) is 0 Å². The van der Waals surface area contributed by atoms with Crippen LogP contribution in [0.15, 0.2) is 0 Å². The topological polar surface area (TPSA) is 18.5 Å². The van der Waals surface area contributed by atoms with E-state index in [1.54, 1.807) is 0 Å². The van der Waals surface area contributed by atoms with Crippen molar-refractivity contribution in [3.8, 4) is 0 Å². The molecule has 0 aliphatic carbocycles. The molecular formula is C16H35N3. The lowest BCUT2D eigenvalue weighted by atomic mass is 9.99. The first-order valence-corrected chi connectivity index (χ1v) is 8.06. The summed E-state index contributed by atoms with van der Waals surface area (Å²) in [5.41, 5.74) is 0.323. The molecule has 0 aromatic carbocycles. The van der Waals surface area contributed by atoms with Crippen LogP contribution in [-0.2, 0) is 0 Å². The van der Waals surface area contributed by atoms with Gasteiger partial charge >= 0.3 is 0 Å². The molecule has 3 nitrogen and oxygen atoms in total. The van der Waals surface area contributed by atoms with Gasteiger partial charge in [-0.3, -0.25) is 9.80 Å². The second-order valence-corrected chi connectivity index (χ2v) is 7.12. The van der Waals surface area contributed by atoms with Gasteiger partial charge in [0, 0.05) is 37.8 Å². The van der Waals surface area contributed by atoms with E-state index in [1.807, 2.05) is 0 Å². The van der Waals surface area contributed by atoms with Crippen molar-refractivity contribution in [1.29, 1.82) is 0 Å². The average molecular weight is 269 g/mol. The SMILES string of the molecule is CCCNCC(C)C(C)N1CCN(C(C)(C)C)CC1. The van der Waals surface area contributed by atoms with Gasteiger partial charge in [-0.2, -0.15) is 0 Å². The normalized spacial score (nSPS) is 22.4. The van der Waals surface area contributed by atoms with Gasteiger partial charge in [-0.25, -0.2) is 0 Å². The first kappa shape index (κ1) is 16.9. The van der Waals surface area contributed by atoms with Gasteiger partial charge < -0.3 is 5.32 Å². The number of nitrogens with zero attached hydrogens (tertiary/aromatic N) is 2. The molecule has 1 fully saturated rings.